The van der Waals surface area contributed by atoms with Crippen molar-refractivity contribution in [1.82, 2.24) is 0 Å². The van der Waals surface area contributed by atoms with Gasteiger partial charge in [0.2, 0.25) is 0 Å². The molecule has 2 N–H and O–H groups in total. The van der Waals surface area contributed by atoms with E-state index in [1.807, 2.05) is 19.1 Å². The number of nitrogens with one attached hydrogen (secondary N) is 2. The highest BCUT2D eigenvalue weighted by Gasteiger charge is 2.30. The summed E-state index contributed by atoms with van der Waals surface area (Å²) in [6.45, 7) is 8.61. The normalized spacial score (nSPS) is 21.4. The predicted molar refractivity (Wildman–Crippen MR) is 98.7 cm³/mol. The first-order chi connectivity index (χ1) is 12.0. The van der Waals surface area contributed by atoms with Crippen LogP contribution in [-0.2, 0) is 14.3 Å². The quantitative estimate of drug-likeness (QED) is 0.742. The SMILES string of the molecule is CCOC(=O)[C@H]1CCC[NH+](CC(=O)Nc2ccc([C@H](C)CC)cc2)C1. The van der Waals surface area contributed by atoms with E-state index in [4.69, 9.17) is 4.74 Å². The van der Waals surface area contributed by atoms with Gasteiger partial charge in [0.25, 0.3) is 5.91 Å². The summed E-state index contributed by atoms with van der Waals surface area (Å²) in [4.78, 5) is 25.4. The Balaban J connectivity index is 1.84. The zero-order valence-electron chi connectivity index (χ0n) is 15.6. The molecule has 0 radical (unpaired) electrons. The van der Waals surface area contributed by atoms with E-state index in [-0.39, 0.29) is 17.8 Å². The first-order valence-electron chi connectivity index (χ1n) is 9.43. The lowest BCUT2D eigenvalue weighted by Gasteiger charge is -2.28. The van der Waals surface area contributed by atoms with Crippen molar-refractivity contribution >= 4 is 17.6 Å². The number of piperidine rings is 1. The van der Waals surface area contributed by atoms with Crippen LogP contribution >= 0.6 is 0 Å². The lowest BCUT2D eigenvalue weighted by atomic mass is 9.98. The molecule has 2 rings (SSSR count). The van der Waals surface area contributed by atoms with Crippen LogP contribution in [0.25, 0.3) is 0 Å². The van der Waals surface area contributed by atoms with Crippen LogP contribution in [-0.4, -0.2) is 38.1 Å². The van der Waals surface area contributed by atoms with Gasteiger partial charge in [-0.3, -0.25) is 9.59 Å². The molecule has 138 valence electrons. The largest absolute Gasteiger partial charge is 0.466 e. The van der Waals surface area contributed by atoms with Gasteiger partial charge in [-0.05, 0) is 49.8 Å². The molecule has 5 heteroatoms. The van der Waals surface area contributed by atoms with Crippen molar-refractivity contribution in [3.8, 4) is 0 Å². The lowest BCUT2D eigenvalue weighted by molar-refractivity contribution is -0.899. The summed E-state index contributed by atoms with van der Waals surface area (Å²) in [6, 6.07) is 8.08. The topological polar surface area (TPSA) is 59.8 Å². The first kappa shape index (κ1) is 19.4. The molecule has 1 amide bonds. The highest BCUT2D eigenvalue weighted by molar-refractivity contribution is 5.91. The third kappa shape index (κ3) is 5.85. The van der Waals surface area contributed by atoms with E-state index in [2.05, 4.69) is 31.3 Å². The van der Waals surface area contributed by atoms with Crippen molar-refractivity contribution in [2.45, 2.75) is 46.0 Å². The van der Waals surface area contributed by atoms with Gasteiger partial charge in [-0.15, -0.1) is 0 Å². The van der Waals surface area contributed by atoms with Crippen LogP contribution < -0.4 is 10.2 Å². The van der Waals surface area contributed by atoms with Gasteiger partial charge in [-0.2, -0.15) is 0 Å². The Morgan fingerprint density at radius 1 is 1.28 bits per heavy atom. The number of benzene rings is 1. The minimum atomic E-state index is -0.124. The molecule has 25 heavy (non-hydrogen) atoms. The van der Waals surface area contributed by atoms with Gasteiger partial charge >= 0.3 is 5.97 Å². The van der Waals surface area contributed by atoms with Crippen molar-refractivity contribution in [2.75, 3.05) is 31.6 Å². The first-order valence-corrected chi connectivity index (χ1v) is 9.43. The van der Waals surface area contributed by atoms with Gasteiger partial charge in [0.05, 0.1) is 19.7 Å². The number of likely N-dealkylation sites (tertiary alicyclic amines) is 1. The Labute approximate surface area is 150 Å². The number of amides is 1. The molecular formula is C20H31N2O3+. The summed E-state index contributed by atoms with van der Waals surface area (Å²) >= 11 is 0. The molecule has 0 saturated carbocycles. The minimum Gasteiger partial charge on any atom is -0.466 e. The van der Waals surface area contributed by atoms with Crippen molar-refractivity contribution in [2.24, 2.45) is 5.92 Å². The number of esters is 1. The summed E-state index contributed by atoms with van der Waals surface area (Å²) in [5.74, 6) is 0.324. The second-order valence-corrected chi connectivity index (χ2v) is 6.95. The predicted octanol–water partition coefficient (Wildman–Crippen LogP) is 2.00. The molecule has 1 saturated heterocycles. The van der Waals surface area contributed by atoms with E-state index >= 15 is 0 Å². The standard InChI is InChI=1S/C20H30N2O3/c1-4-15(3)16-8-10-18(11-9-16)21-19(23)14-22-12-6-7-17(13-22)20(24)25-5-2/h8-11,15,17H,4-7,12-14H2,1-3H3,(H,21,23)/p+1/t15-,17+/m1/s1. The maximum atomic E-state index is 12.3. The van der Waals surface area contributed by atoms with Crippen molar-refractivity contribution in [3.63, 3.8) is 0 Å². The fourth-order valence-corrected chi connectivity index (χ4v) is 3.34. The smallest absolute Gasteiger partial charge is 0.314 e. The average molecular weight is 347 g/mol. The molecular weight excluding hydrogens is 316 g/mol. The summed E-state index contributed by atoms with van der Waals surface area (Å²) < 4.78 is 5.12. The fraction of sp³-hybridized carbons (Fsp3) is 0.600. The van der Waals surface area contributed by atoms with E-state index in [1.54, 1.807) is 0 Å². The Morgan fingerprint density at radius 3 is 2.64 bits per heavy atom. The Kier molecular flexibility index (Phi) is 7.44. The molecule has 0 bridgehead atoms. The van der Waals surface area contributed by atoms with E-state index < -0.39 is 0 Å². The average Bonchev–Trinajstić information content (AvgIpc) is 2.62. The zero-order chi connectivity index (χ0) is 18.2. The molecule has 1 heterocycles. The van der Waals surface area contributed by atoms with Crippen LogP contribution in [0.2, 0.25) is 0 Å². The molecule has 0 aromatic heterocycles. The minimum absolute atomic E-state index is 0.00389. The third-order valence-electron chi connectivity index (χ3n) is 5.02. The highest BCUT2D eigenvalue weighted by Crippen LogP contribution is 2.20. The molecule has 3 atom stereocenters. The number of ether oxygens (including phenoxy) is 1. The van der Waals surface area contributed by atoms with E-state index in [0.717, 1.165) is 36.4 Å². The number of hydrogen-bond acceptors (Lipinski definition) is 3. The number of quaternary nitrogens is 1. The number of hydrogen-bond donors (Lipinski definition) is 2. The summed E-state index contributed by atoms with van der Waals surface area (Å²) in [5, 5.41) is 2.97. The van der Waals surface area contributed by atoms with Gasteiger partial charge in [0.1, 0.15) is 5.92 Å². The zero-order valence-corrected chi connectivity index (χ0v) is 15.6. The molecule has 1 aromatic rings. The fourth-order valence-electron chi connectivity index (χ4n) is 3.34. The second kappa shape index (κ2) is 9.56. The van der Waals surface area contributed by atoms with Gasteiger partial charge in [-0.25, -0.2) is 0 Å². The van der Waals surface area contributed by atoms with Crippen LogP contribution in [0, 0.1) is 5.92 Å². The summed E-state index contributed by atoms with van der Waals surface area (Å²) in [5.41, 5.74) is 2.12. The molecule has 1 fully saturated rings. The highest BCUT2D eigenvalue weighted by atomic mass is 16.5. The molecule has 1 aromatic carbocycles. The van der Waals surface area contributed by atoms with Gasteiger partial charge in [-0.1, -0.05) is 26.0 Å². The molecule has 0 spiro atoms. The second-order valence-electron chi connectivity index (χ2n) is 6.95. The number of anilines is 1. The van der Waals surface area contributed by atoms with E-state index in [1.165, 1.54) is 5.56 Å². The van der Waals surface area contributed by atoms with E-state index in [0.29, 0.717) is 25.6 Å². The molecule has 0 aliphatic carbocycles. The Morgan fingerprint density at radius 2 is 2.00 bits per heavy atom. The third-order valence-corrected chi connectivity index (χ3v) is 5.02. The Hall–Kier alpha value is -1.88. The van der Waals surface area contributed by atoms with Crippen LogP contribution in [0.3, 0.4) is 0 Å². The van der Waals surface area contributed by atoms with Crippen molar-refractivity contribution in [1.29, 1.82) is 0 Å². The maximum absolute atomic E-state index is 12.3. The molecule has 5 nitrogen and oxygen atoms in total. The number of rotatable bonds is 7. The van der Waals surface area contributed by atoms with Crippen molar-refractivity contribution in [3.05, 3.63) is 29.8 Å². The Bertz CT molecular complexity index is 571. The molecule has 1 aliphatic heterocycles. The van der Waals surface area contributed by atoms with Gasteiger partial charge in [0, 0.05) is 5.69 Å². The summed E-state index contributed by atoms with van der Waals surface area (Å²) in [7, 11) is 0. The van der Waals surface area contributed by atoms with Crippen LogP contribution in [0.5, 0.6) is 0 Å². The van der Waals surface area contributed by atoms with Crippen LogP contribution in [0.4, 0.5) is 5.69 Å². The van der Waals surface area contributed by atoms with E-state index in [9.17, 15) is 9.59 Å². The number of carbonyl (C=O) groups is 2. The van der Waals surface area contributed by atoms with Crippen LogP contribution in [0.1, 0.15) is 51.5 Å². The molecule has 1 unspecified atom stereocenters. The lowest BCUT2D eigenvalue weighted by Crippen LogP contribution is -3.14. The maximum Gasteiger partial charge on any atom is 0.314 e. The van der Waals surface area contributed by atoms with Crippen molar-refractivity contribution < 1.29 is 19.2 Å². The number of carbonyl (C=O) groups excluding carboxylic acids is 2. The van der Waals surface area contributed by atoms with Gasteiger partial charge < -0.3 is 15.0 Å². The monoisotopic (exact) mass is 347 g/mol. The molecule has 1 aliphatic rings. The van der Waals surface area contributed by atoms with Gasteiger partial charge in [0.15, 0.2) is 6.54 Å². The summed E-state index contributed by atoms with van der Waals surface area (Å²) in [6.07, 6.45) is 2.92. The van der Waals surface area contributed by atoms with Crippen LogP contribution in [0.15, 0.2) is 24.3 Å².